The first-order chi connectivity index (χ1) is 16.2. The molecule has 12 heteroatoms. The Kier molecular flexibility index (Phi) is 13.7. The molecule has 3 atom stereocenters. The Bertz CT molecular complexity index is 807. The molecule has 0 aliphatic rings. The number of aromatic hydroxyl groups is 1. The Morgan fingerprint density at radius 3 is 2.26 bits per heavy atom. The van der Waals surface area contributed by atoms with Gasteiger partial charge >= 0.3 is 5.97 Å². The van der Waals surface area contributed by atoms with Crippen LogP contribution in [0.5, 0.6) is 5.75 Å². The fourth-order valence-electron chi connectivity index (χ4n) is 3.02. The van der Waals surface area contributed by atoms with E-state index < -0.39 is 41.8 Å². The number of phenolic OH excluding ortho intramolecular Hbond substituents is 1. The zero-order valence-corrected chi connectivity index (χ0v) is 20.1. The van der Waals surface area contributed by atoms with Crippen LogP contribution >= 0.6 is 11.8 Å². The van der Waals surface area contributed by atoms with Crippen molar-refractivity contribution in [2.24, 2.45) is 11.5 Å². The maximum Gasteiger partial charge on any atom is 0.326 e. The number of hydrogen-bond acceptors (Lipinski definition) is 8. The summed E-state index contributed by atoms with van der Waals surface area (Å²) < 4.78 is 0. The standard InChI is InChI=1S/C22H35N5O6S/c1-34-11-9-16(24)20(30)25-13-19(29)26-18(12-14-5-7-15(28)8-6-14)21(31)27-17(22(32)33)4-2-3-10-23/h5-8,16-18,28H,2-4,9-13,23-24H2,1H3,(H,25,30)(H,26,29)(H,27,31)(H,32,33). The monoisotopic (exact) mass is 497 g/mol. The van der Waals surface area contributed by atoms with Crippen molar-refractivity contribution in [1.82, 2.24) is 16.0 Å². The minimum Gasteiger partial charge on any atom is -0.508 e. The number of carbonyl (C=O) groups excluding carboxylic acids is 3. The van der Waals surface area contributed by atoms with E-state index in [4.69, 9.17) is 11.5 Å². The van der Waals surface area contributed by atoms with Gasteiger partial charge in [-0.2, -0.15) is 11.8 Å². The average molecular weight is 498 g/mol. The normalized spacial score (nSPS) is 13.4. The van der Waals surface area contributed by atoms with Crippen molar-refractivity contribution in [3.63, 3.8) is 0 Å². The Hall–Kier alpha value is -2.83. The van der Waals surface area contributed by atoms with Crippen molar-refractivity contribution in [3.05, 3.63) is 29.8 Å². The predicted molar refractivity (Wildman–Crippen MR) is 130 cm³/mol. The molecule has 0 saturated heterocycles. The van der Waals surface area contributed by atoms with Gasteiger partial charge in [-0.15, -0.1) is 0 Å². The molecule has 34 heavy (non-hydrogen) atoms. The third-order valence-electron chi connectivity index (χ3n) is 4.98. The second-order valence-corrected chi connectivity index (χ2v) is 8.77. The second-order valence-electron chi connectivity index (χ2n) is 7.78. The highest BCUT2D eigenvalue weighted by Gasteiger charge is 2.27. The zero-order chi connectivity index (χ0) is 25.5. The van der Waals surface area contributed by atoms with E-state index in [9.17, 15) is 29.4 Å². The van der Waals surface area contributed by atoms with Gasteiger partial charge in [-0.3, -0.25) is 14.4 Å². The van der Waals surface area contributed by atoms with Gasteiger partial charge in [0.2, 0.25) is 17.7 Å². The van der Waals surface area contributed by atoms with Crippen molar-refractivity contribution in [1.29, 1.82) is 0 Å². The Morgan fingerprint density at radius 2 is 1.68 bits per heavy atom. The van der Waals surface area contributed by atoms with Gasteiger partial charge < -0.3 is 37.6 Å². The van der Waals surface area contributed by atoms with Gasteiger partial charge in [-0.05, 0) is 61.9 Å². The fourth-order valence-corrected chi connectivity index (χ4v) is 3.51. The molecule has 0 saturated carbocycles. The minimum atomic E-state index is -1.19. The van der Waals surface area contributed by atoms with Crippen LogP contribution in [-0.4, -0.2) is 77.1 Å². The number of amides is 3. The highest BCUT2D eigenvalue weighted by molar-refractivity contribution is 7.98. The van der Waals surface area contributed by atoms with Crippen molar-refractivity contribution >= 4 is 35.5 Å². The van der Waals surface area contributed by atoms with E-state index in [-0.39, 0.29) is 25.1 Å². The smallest absolute Gasteiger partial charge is 0.326 e. The third kappa shape index (κ3) is 11.3. The fraction of sp³-hybridized carbons (Fsp3) is 0.545. The number of benzene rings is 1. The Labute approximate surface area is 203 Å². The number of thioether (sulfide) groups is 1. The topological polar surface area (TPSA) is 197 Å². The molecule has 190 valence electrons. The Balaban J connectivity index is 2.83. The number of carboxylic acid groups (broad SMARTS) is 1. The molecule has 3 unspecified atom stereocenters. The molecule has 0 aliphatic carbocycles. The minimum absolute atomic E-state index is 0.0418. The molecule has 1 aromatic carbocycles. The number of nitrogens with two attached hydrogens (primary N) is 2. The van der Waals surface area contributed by atoms with Crippen LogP contribution in [0.25, 0.3) is 0 Å². The van der Waals surface area contributed by atoms with E-state index in [1.165, 1.54) is 12.1 Å². The maximum absolute atomic E-state index is 12.9. The first-order valence-electron chi connectivity index (χ1n) is 11.0. The zero-order valence-electron chi connectivity index (χ0n) is 19.3. The van der Waals surface area contributed by atoms with E-state index in [2.05, 4.69) is 16.0 Å². The summed E-state index contributed by atoms with van der Waals surface area (Å²) in [6.45, 7) is 0.0243. The van der Waals surface area contributed by atoms with E-state index >= 15 is 0 Å². The third-order valence-corrected chi connectivity index (χ3v) is 5.63. The van der Waals surface area contributed by atoms with Gasteiger partial charge in [0.05, 0.1) is 12.6 Å². The van der Waals surface area contributed by atoms with Crippen LogP contribution in [0.2, 0.25) is 0 Å². The number of carbonyl (C=O) groups is 4. The lowest BCUT2D eigenvalue weighted by Gasteiger charge is -2.22. The molecule has 0 heterocycles. The molecule has 0 bridgehead atoms. The molecule has 0 fully saturated rings. The first kappa shape index (κ1) is 29.2. The van der Waals surface area contributed by atoms with E-state index in [0.29, 0.717) is 37.1 Å². The number of phenols is 1. The van der Waals surface area contributed by atoms with E-state index in [1.54, 1.807) is 23.9 Å². The second kappa shape index (κ2) is 15.9. The van der Waals surface area contributed by atoms with Crippen LogP contribution < -0.4 is 27.4 Å². The van der Waals surface area contributed by atoms with Gasteiger partial charge in [-0.25, -0.2) is 4.79 Å². The predicted octanol–water partition coefficient (Wildman–Crippen LogP) is -0.685. The van der Waals surface area contributed by atoms with Gasteiger partial charge in [0, 0.05) is 6.42 Å². The van der Waals surface area contributed by atoms with Crippen LogP contribution in [0.15, 0.2) is 24.3 Å². The summed E-state index contributed by atoms with van der Waals surface area (Å²) in [6.07, 6.45) is 3.74. The van der Waals surface area contributed by atoms with E-state index in [0.717, 1.165) is 0 Å². The average Bonchev–Trinajstić information content (AvgIpc) is 2.81. The van der Waals surface area contributed by atoms with Gasteiger partial charge in [-0.1, -0.05) is 12.1 Å². The van der Waals surface area contributed by atoms with Gasteiger partial charge in [0.15, 0.2) is 0 Å². The van der Waals surface area contributed by atoms with Crippen LogP contribution in [0.1, 0.15) is 31.2 Å². The molecule has 1 rings (SSSR count). The van der Waals surface area contributed by atoms with Crippen molar-refractivity contribution < 1.29 is 29.4 Å². The van der Waals surface area contributed by atoms with Crippen molar-refractivity contribution in [2.75, 3.05) is 25.1 Å². The van der Waals surface area contributed by atoms with Gasteiger partial charge in [0.25, 0.3) is 0 Å². The summed E-state index contributed by atoms with van der Waals surface area (Å²) in [4.78, 5) is 48.9. The summed E-state index contributed by atoms with van der Waals surface area (Å²) in [7, 11) is 0. The number of unbranched alkanes of at least 4 members (excludes halogenated alkanes) is 1. The van der Waals surface area contributed by atoms with Crippen molar-refractivity contribution in [3.8, 4) is 5.75 Å². The highest BCUT2D eigenvalue weighted by Crippen LogP contribution is 2.12. The molecule has 0 spiro atoms. The molecule has 11 nitrogen and oxygen atoms in total. The number of nitrogens with one attached hydrogen (secondary N) is 3. The maximum atomic E-state index is 12.9. The van der Waals surface area contributed by atoms with Gasteiger partial charge in [0.1, 0.15) is 17.8 Å². The summed E-state index contributed by atoms with van der Waals surface area (Å²) in [5.74, 6) is -2.23. The van der Waals surface area contributed by atoms with Crippen LogP contribution in [0.3, 0.4) is 0 Å². The summed E-state index contributed by atoms with van der Waals surface area (Å²) >= 11 is 1.55. The number of rotatable bonds is 16. The summed E-state index contributed by atoms with van der Waals surface area (Å²) in [6, 6.07) is 3.07. The lowest BCUT2D eigenvalue weighted by Crippen LogP contribution is -2.54. The molecule has 0 radical (unpaired) electrons. The SMILES string of the molecule is CSCCC(N)C(=O)NCC(=O)NC(Cc1ccc(O)cc1)C(=O)NC(CCCCN)C(=O)O. The molecule has 9 N–H and O–H groups in total. The molecular weight excluding hydrogens is 462 g/mol. The van der Waals surface area contributed by atoms with E-state index in [1.807, 2.05) is 6.26 Å². The number of hydrogen-bond donors (Lipinski definition) is 7. The lowest BCUT2D eigenvalue weighted by atomic mass is 10.0. The van der Waals surface area contributed by atoms with Crippen LogP contribution in [0.4, 0.5) is 0 Å². The molecular formula is C22H35N5O6S. The van der Waals surface area contributed by atoms with Crippen LogP contribution in [-0.2, 0) is 25.6 Å². The molecule has 1 aromatic rings. The number of aliphatic carboxylic acids is 1. The molecule has 3 amide bonds. The quantitative estimate of drug-likeness (QED) is 0.145. The summed E-state index contributed by atoms with van der Waals surface area (Å²) in [5, 5.41) is 26.4. The number of carboxylic acids is 1. The largest absolute Gasteiger partial charge is 0.508 e. The molecule has 0 aliphatic heterocycles. The Morgan fingerprint density at radius 1 is 1.00 bits per heavy atom. The highest BCUT2D eigenvalue weighted by atomic mass is 32.2. The first-order valence-corrected chi connectivity index (χ1v) is 12.4. The lowest BCUT2D eigenvalue weighted by molar-refractivity contribution is -0.142. The summed E-state index contributed by atoms with van der Waals surface area (Å²) in [5.41, 5.74) is 11.9. The molecule has 0 aromatic heterocycles. The van der Waals surface area contributed by atoms with Crippen molar-refractivity contribution in [2.45, 2.75) is 50.2 Å². The van der Waals surface area contributed by atoms with Crippen LogP contribution in [0, 0.1) is 0 Å².